The number of thiazole rings is 1. The molecule has 0 aliphatic heterocycles. The Kier molecular flexibility index (Phi) is 2.05. The fourth-order valence-corrected chi connectivity index (χ4v) is 2.32. The summed E-state index contributed by atoms with van der Waals surface area (Å²) >= 11 is 4.58. The van der Waals surface area contributed by atoms with Gasteiger partial charge in [0.15, 0.2) is 0 Å². The monoisotopic (exact) mass is 257 g/mol. The van der Waals surface area contributed by atoms with Crippen molar-refractivity contribution in [3.63, 3.8) is 0 Å². The summed E-state index contributed by atoms with van der Waals surface area (Å²) in [5.74, 6) is -0.921. The zero-order valence-corrected chi connectivity index (χ0v) is 8.72. The van der Waals surface area contributed by atoms with Gasteiger partial charge in [0.1, 0.15) is 0 Å². The third-order valence-electron chi connectivity index (χ3n) is 1.63. The van der Waals surface area contributed by atoms with Gasteiger partial charge in [0.2, 0.25) is 0 Å². The molecule has 2 rings (SSSR count). The molecule has 1 heterocycles. The molecule has 1 aromatic heterocycles. The average molecular weight is 258 g/mol. The lowest BCUT2D eigenvalue weighted by Crippen LogP contribution is -1.95. The highest BCUT2D eigenvalue weighted by Gasteiger charge is 2.11. The maximum absolute atomic E-state index is 10.8. The summed E-state index contributed by atoms with van der Waals surface area (Å²) < 4.78 is 1.46. The maximum atomic E-state index is 10.8. The molecule has 0 unspecified atom stereocenters. The predicted molar refractivity (Wildman–Crippen MR) is 54.3 cm³/mol. The lowest BCUT2D eigenvalue weighted by Gasteiger charge is -1.96. The van der Waals surface area contributed by atoms with Crippen LogP contribution in [0.1, 0.15) is 10.4 Å². The zero-order chi connectivity index (χ0) is 9.42. The molecular formula is C8H4BrNO2S. The van der Waals surface area contributed by atoms with E-state index in [1.807, 2.05) is 0 Å². The van der Waals surface area contributed by atoms with E-state index in [2.05, 4.69) is 20.9 Å². The molecule has 1 N–H and O–H groups in total. The van der Waals surface area contributed by atoms with Crippen molar-refractivity contribution in [2.45, 2.75) is 0 Å². The first-order chi connectivity index (χ1) is 6.18. The fraction of sp³-hybridized carbons (Fsp3) is 0. The van der Waals surface area contributed by atoms with Gasteiger partial charge in [0.25, 0.3) is 0 Å². The third kappa shape index (κ3) is 1.45. The molecule has 1 aromatic carbocycles. The first kappa shape index (κ1) is 8.65. The highest BCUT2D eigenvalue weighted by atomic mass is 79.9. The van der Waals surface area contributed by atoms with Gasteiger partial charge in [-0.05, 0) is 12.1 Å². The molecule has 0 aliphatic rings. The van der Waals surface area contributed by atoms with E-state index < -0.39 is 5.97 Å². The quantitative estimate of drug-likeness (QED) is 0.855. The predicted octanol–water partition coefficient (Wildman–Crippen LogP) is 2.76. The largest absolute Gasteiger partial charge is 0.478 e. The Morgan fingerprint density at radius 2 is 2.31 bits per heavy atom. The van der Waals surface area contributed by atoms with Crippen molar-refractivity contribution in [3.8, 4) is 0 Å². The molecule has 0 radical (unpaired) electrons. The Balaban J connectivity index is 2.84. The topological polar surface area (TPSA) is 50.2 Å². The van der Waals surface area contributed by atoms with E-state index in [1.54, 1.807) is 17.6 Å². The number of hydrogen-bond acceptors (Lipinski definition) is 3. The van der Waals surface area contributed by atoms with E-state index in [-0.39, 0.29) is 0 Å². The molecule has 0 saturated carbocycles. The minimum Gasteiger partial charge on any atom is -0.478 e. The molecule has 66 valence electrons. The molecule has 0 aliphatic carbocycles. The third-order valence-corrected chi connectivity index (χ3v) is 2.96. The number of aromatic nitrogens is 1. The van der Waals surface area contributed by atoms with Crippen molar-refractivity contribution in [2.24, 2.45) is 0 Å². The Bertz CT molecular complexity index is 480. The van der Waals surface area contributed by atoms with Crippen LogP contribution in [0.5, 0.6) is 0 Å². The van der Waals surface area contributed by atoms with Crippen molar-refractivity contribution in [3.05, 3.63) is 27.7 Å². The molecule has 0 atom stereocenters. The van der Waals surface area contributed by atoms with Crippen molar-refractivity contribution < 1.29 is 9.90 Å². The number of carboxylic acids is 1. The zero-order valence-electron chi connectivity index (χ0n) is 6.32. The second kappa shape index (κ2) is 3.08. The van der Waals surface area contributed by atoms with Gasteiger partial charge in [0, 0.05) is 4.47 Å². The van der Waals surface area contributed by atoms with Gasteiger partial charge in [-0.3, -0.25) is 0 Å². The molecule has 0 saturated heterocycles. The summed E-state index contributed by atoms with van der Waals surface area (Å²) in [7, 11) is 0. The first-order valence-electron chi connectivity index (χ1n) is 3.44. The van der Waals surface area contributed by atoms with Gasteiger partial charge in [0.05, 0.1) is 21.3 Å². The highest BCUT2D eigenvalue weighted by molar-refractivity contribution is 9.10. The van der Waals surface area contributed by atoms with Crippen LogP contribution < -0.4 is 0 Å². The number of fused-ring (bicyclic) bond motifs is 1. The smallest absolute Gasteiger partial charge is 0.337 e. The van der Waals surface area contributed by atoms with Crippen LogP contribution in [0.2, 0.25) is 0 Å². The minimum atomic E-state index is -0.921. The van der Waals surface area contributed by atoms with Crippen LogP contribution >= 0.6 is 27.3 Å². The summed E-state index contributed by atoms with van der Waals surface area (Å²) in [6.45, 7) is 0. The Hall–Kier alpha value is -0.940. The molecule has 3 nitrogen and oxygen atoms in total. The van der Waals surface area contributed by atoms with E-state index >= 15 is 0 Å². The number of benzene rings is 1. The summed E-state index contributed by atoms with van der Waals surface area (Å²) in [6.07, 6.45) is 0. The van der Waals surface area contributed by atoms with E-state index in [1.165, 1.54) is 11.3 Å². The maximum Gasteiger partial charge on any atom is 0.337 e. The second-order valence-corrected chi connectivity index (χ2v) is 4.23. The van der Waals surface area contributed by atoms with Crippen LogP contribution in [0.3, 0.4) is 0 Å². The molecule has 0 fully saturated rings. The van der Waals surface area contributed by atoms with E-state index in [0.717, 1.165) is 14.7 Å². The summed E-state index contributed by atoms with van der Waals surface area (Å²) in [5.41, 5.74) is 2.66. The number of carbonyl (C=O) groups is 1. The minimum absolute atomic E-state index is 0.298. The molecule has 13 heavy (non-hydrogen) atoms. The van der Waals surface area contributed by atoms with Gasteiger partial charge in [-0.15, -0.1) is 11.3 Å². The Morgan fingerprint density at radius 1 is 1.54 bits per heavy atom. The summed E-state index contributed by atoms with van der Waals surface area (Å²) in [4.78, 5) is 14.9. The van der Waals surface area contributed by atoms with Crippen LogP contribution in [0, 0.1) is 0 Å². The lowest BCUT2D eigenvalue weighted by molar-refractivity contribution is 0.0699. The number of carboxylic acid groups (broad SMARTS) is 1. The van der Waals surface area contributed by atoms with Crippen LogP contribution in [0.15, 0.2) is 22.1 Å². The first-order valence-corrected chi connectivity index (χ1v) is 5.12. The number of nitrogens with zero attached hydrogens (tertiary/aromatic N) is 1. The fourth-order valence-electron chi connectivity index (χ4n) is 1.09. The average Bonchev–Trinajstić information content (AvgIpc) is 2.49. The van der Waals surface area contributed by atoms with Crippen molar-refractivity contribution in [2.75, 3.05) is 0 Å². The van der Waals surface area contributed by atoms with Gasteiger partial charge < -0.3 is 5.11 Å². The lowest BCUT2D eigenvalue weighted by atomic mass is 10.2. The van der Waals surface area contributed by atoms with Crippen LogP contribution in [-0.2, 0) is 0 Å². The Labute approximate surface area is 86.2 Å². The molecular weight excluding hydrogens is 254 g/mol. The standard InChI is InChI=1S/C8H4BrNO2S/c9-4-1-5(8(11)12)7-6(2-4)10-3-13-7/h1-3H,(H,11,12). The van der Waals surface area contributed by atoms with Gasteiger partial charge >= 0.3 is 5.97 Å². The van der Waals surface area contributed by atoms with Crippen LogP contribution in [0.25, 0.3) is 10.2 Å². The number of aromatic carboxylic acids is 1. The number of hydrogen-bond donors (Lipinski definition) is 1. The van der Waals surface area contributed by atoms with Crippen LogP contribution in [0.4, 0.5) is 0 Å². The molecule has 0 amide bonds. The van der Waals surface area contributed by atoms with E-state index in [0.29, 0.717) is 5.56 Å². The van der Waals surface area contributed by atoms with Crippen molar-refractivity contribution >= 4 is 43.5 Å². The molecule has 2 aromatic rings. The molecule has 0 bridgehead atoms. The Morgan fingerprint density at radius 3 is 3.00 bits per heavy atom. The van der Waals surface area contributed by atoms with Crippen molar-refractivity contribution in [1.29, 1.82) is 0 Å². The highest BCUT2D eigenvalue weighted by Crippen LogP contribution is 2.26. The summed E-state index contributed by atoms with van der Waals surface area (Å²) in [5, 5.41) is 8.88. The molecule has 5 heteroatoms. The van der Waals surface area contributed by atoms with Gasteiger partial charge in [-0.25, -0.2) is 9.78 Å². The SMILES string of the molecule is O=C(O)c1cc(Br)cc2ncsc12. The second-order valence-electron chi connectivity index (χ2n) is 2.46. The van der Waals surface area contributed by atoms with Crippen molar-refractivity contribution in [1.82, 2.24) is 4.98 Å². The van der Waals surface area contributed by atoms with Crippen LogP contribution in [-0.4, -0.2) is 16.1 Å². The van der Waals surface area contributed by atoms with E-state index in [4.69, 9.17) is 5.11 Å². The van der Waals surface area contributed by atoms with E-state index in [9.17, 15) is 4.79 Å². The normalized spacial score (nSPS) is 10.5. The number of rotatable bonds is 1. The molecule has 0 spiro atoms. The van der Waals surface area contributed by atoms with Gasteiger partial charge in [-0.2, -0.15) is 0 Å². The van der Waals surface area contributed by atoms with Gasteiger partial charge in [-0.1, -0.05) is 15.9 Å². The number of halogens is 1. The summed E-state index contributed by atoms with van der Waals surface area (Å²) in [6, 6.07) is 3.39.